The lowest BCUT2D eigenvalue weighted by molar-refractivity contribution is -0.145. The zero-order valence-corrected chi connectivity index (χ0v) is 28.9. The molecule has 3 aliphatic rings. The second-order valence-corrected chi connectivity index (χ2v) is 14.3. The van der Waals surface area contributed by atoms with Gasteiger partial charge in [-0.15, -0.1) is 10.2 Å². The van der Waals surface area contributed by atoms with Crippen LogP contribution in [0.15, 0.2) is 0 Å². The van der Waals surface area contributed by atoms with Crippen LogP contribution in [0.4, 0.5) is 0 Å². The topological polar surface area (TPSA) is 208 Å². The molecule has 2 unspecified atom stereocenters. The molecule has 1 aliphatic heterocycles. The molecule has 48 heavy (non-hydrogen) atoms. The molecule has 15 nitrogen and oxygen atoms in total. The van der Waals surface area contributed by atoms with Crippen molar-refractivity contribution in [2.75, 3.05) is 6.54 Å². The van der Waals surface area contributed by atoms with Gasteiger partial charge in [-0.05, 0) is 68.6 Å². The Hall–Kier alpha value is -3.91. The van der Waals surface area contributed by atoms with Crippen molar-refractivity contribution in [2.45, 2.75) is 135 Å². The van der Waals surface area contributed by atoms with Gasteiger partial charge >= 0.3 is 0 Å². The highest BCUT2D eigenvalue weighted by molar-refractivity contribution is 6.38. The summed E-state index contributed by atoms with van der Waals surface area (Å²) in [6.45, 7) is 9.57. The average molecular weight is 672 g/mol. The summed E-state index contributed by atoms with van der Waals surface area (Å²) < 4.78 is 0. The number of fused-ring (bicyclic) bond motifs is 1. The SMILES string of the molecule is CCC[C@H](NC(=O)[C@@H]1C2CCCC2CN1C(=O)[C@@H](NC(=O)[C@@H](NC(=O)CCCCc1nn[nH]n1)C(C)C)C(C)C)C(=O)C(=O)NC1CC1. The van der Waals surface area contributed by atoms with Crippen molar-refractivity contribution in [3.8, 4) is 0 Å². The summed E-state index contributed by atoms with van der Waals surface area (Å²) in [6, 6.07) is -3.56. The molecule has 1 aromatic heterocycles. The van der Waals surface area contributed by atoms with E-state index in [2.05, 4.69) is 41.9 Å². The Labute approximate surface area is 282 Å². The summed E-state index contributed by atoms with van der Waals surface area (Å²) >= 11 is 0. The predicted octanol–water partition coefficient (Wildman–Crippen LogP) is 0.954. The summed E-state index contributed by atoms with van der Waals surface area (Å²) in [5, 5.41) is 25.0. The summed E-state index contributed by atoms with van der Waals surface area (Å²) in [6.07, 6.45) is 7.24. The van der Waals surface area contributed by atoms with Gasteiger partial charge in [0.1, 0.15) is 18.1 Å². The standard InChI is InChI=1S/C33H53N9O6/c1-6-10-23(29(44)32(47)34-21-15-16-21)35-31(46)28-22-12-9-11-20(22)17-42(28)33(48)27(19(4)5)37-30(45)26(18(2)3)36-25(43)14-8-7-13-24-38-40-41-39-24/h18-23,26-28H,6-17H2,1-5H3,(H,34,47)(H,35,46)(H,36,43)(H,37,45)(H,38,39,40,41)/t20?,22?,23-,26-,27-,28-/m0/s1. The highest BCUT2D eigenvalue weighted by Crippen LogP contribution is 2.42. The molecule has 2 heterocycles. The highest BCUT2D eigenvalue weighted by atomic mass is 16.2. The van der Waals surface area contributed by atoms with Gasteiger partial charge in [0.2, 0.25) is 29.4 Å². The van der Waals surface area contributed by atoms with Gasteiger partial charge in [0, 0.05) is 25.4 Å². The Morgan fingerprint density at radius 3 is 2.27 bits per heavy atom. The van der Waals surface area contributed by atoms with Crippen LogP contribution in [0.2, 0.25) is 0 Å². The van der Waals surface area contributed by atoms with Crippen molar-refractivity contribution >= 4 is 35.3 Å². The number of carbonyl (C=O) groups excluding carboxylic acids is 6. The van der Waals surface area contributed by atoms with Gasteiger partial charge in [0.05, 0.1) is 6.04 Å². The lowest BCUT2D eigenvalue weighted by Gasteiger charge is -2.34. The Morgan fingerprint density at radius 1 is 0.917 bits per heavy atom. The number of aryl methyl sites for hydroxylation is 1. The van der Waals surface area contributed by atoms with Crippen molar-refractivity contribution < 1.29 is 28.8 Å². The smallest absolute Gasteiger partial charge is 0.289 e. The van der Waals surface area contributed by atoms with E-state index < -0.39 is 47.7 Å². The van der Waals surface area contributed by atoms with Crippen molar-refractivity contribution in [3.63, 3.8) is 0 Å². The third kappa shape index (κ3) is 9.59. The van der Waals surface area contributed by atoms with E-state index in [0.29, 0.717) is 44.5 Å². The first-order chi connectivity index (χ1) is 22.9. The third-order valence-corrected chi connectivity index (χ3v) is 9.73. The number of amides is 5. The van der Waals surface area contributed by atoms with Gasteiger partial charge < -0.3 is 26.2 Å². The summed E-state index contributed by atoms with van der Waals surface area (Å²) in [7, 11) is 0. The van der Waals surface area contributed by atoms with Crippen LogP contribution >= 0.6 is 0 Å². The molecule has 0 bridgehead atoms. The molecule has 3 fully saturated rings. The van der Waals surface area contributed by atoms with Crippen molar-refractivity contribution in [1.29, 1.82) is 0 Å². The second-order valence-electron chi connectivity index (χ2n) is 14.3. The van der Waals surface area contributed by atoms with E-state index in [1.54, 1.807) is 4.90 Å². The van der Waals surface area contributed by atoms with Crippen LogP contribution in [0.25, 0.3) is 0 Å². The van der Waals surface area contributed by atoms with Gasteiger partial charge in [-0.1, -0.05) is 52.7 Å². The molecule has 0 radical (unpaired) electrons. The minimum Gasteiger partial charge on any atom is -0.347 e. The lowest BCUT2D eigenvalue weighted by Crippen LogP contribution is -2.60. The molecule has 0 aromatic carbocycles. The molecule has 266 valence electrons. The molecular weight excluding hydrogens is 618 g/mol. The number of nitrogens with zero attached hydrogens (tertiary/aromatic N) is 4. The van der Waals surface area contributed by atoms with E-state index in [9.17, 15) is 28.8 Å². The van der Waals surface area contributed by atoms with Crippen molar-refractivity contribution in [1.82, 2.24) is 46.8 Å². The number of likely N-dealkylation sites (tertiary alicyclic amines) is 1. The molecule has 2 aliphatic carbocycles. The van der Waals surface area contributed by atoms with Gasteiger partial charge in [-0.25, -0.2) is 0 Å². The number of unbranched alkanes of at least 4 members (excludes halogenated alkanes) is 1. The second kappa shape index (κ2) is 17.0. The molecule has 2 saturated carbocycles. The van der Waals surface area contributed by atoms with E-state index in [4.69, 9.17) is 0 Å². The normalized spacial score (nSPS) is 22.1. The Balaban J connectivity index is 1.41. The largest absolute Gasteiger partial charge is 0.347 e. The molecule has 6 atom stereocenters. The number of hydrogen-bond donors (Lipinski definition) is 5. The molecule has 1 aromatic rings. The van der Waals surface area contributed by atoms with Gasteiger partial charge in [-0.3, -0.25) is 28.8 Å². The van der Waals surface area contributed by atoms with Crippen molar-refractivity contribution in [3.05, 3.63) is 5.82 Å². The monoisotopic (exact) mass is 671 g/mol. The molecular formula is C33H53N9O6. The number of tetrazole rings is 1. The van der Waals surface area contributed by atoms with E-state index in [1.807, 2.05) is 34.6 Å². The average Bonchev–Trinajstić information content (AvgIpc) is 3.38. The van der Waals surface area contributed by atoms with E-state index in [0.717, 1.165) is 32.1 Å². The fourth-order valence-corrected chi connectivity index (χ4v) is 6.90. The van der Waals surface area contributed by atoms with Crippen LogP contribution in [-0.4, -0.2) is 97.6 Å². The maximum atomic E-state index is 14.2. The van der Waals surface area contributed by atoms with Crippen LogP contribution in [0.5, 0.6) is 0 Å². The maximum Gasteiger partial charge on any atom is 0.289 e. The van der Waals surface area contributed by atoms with Gasteiger partial charge in [0.15, 0.2) is 5.82 Å². The number of hydrogen-bond acceptors (Lipinski definition) is 9. The first-order valence-corrected chi connectivity index (χ1v) is 17.7. The number of carbonyl (C=O) groups is 6. The van der Waals surface area contributed by atoms with E-state index >= 15 is 0 Å². The molecule has 0 spiro atoms. The minimum absolute atomic E-state index is 0.0158. The summed E-state index contributed by atoms with van der Waals surface area (Å²) in [5.41, 5.74) is 0. The Morgan fingerprint density at radius 2 is 1.65 bits per heavy atom. The number of aromatic amines is 1. The molecule has 1 saturated heterocycles. The zero-order chi connectivity index (χ0) is 35.0. The number of aromatic nitrogens is 4. The maximum absolute atomic E-state index is 14.2. The van der Waals surface area contributed by atoms with Gasteiger partial charge in [-0.2, -0.15) is 5.21 Å². The van der Waals surface area contributed by atoms with Gasteiger partial charge in [0.25, 0.3) is 5.91 Å². The molecule has 15 heteroatoms. The fourth-order valence-electron chi connectivity index (χ4n) is 6.90. The number of nitrogens with one attached hydrogen (secondary N) is 5. The van der Waals surface area contributed by atoms with Crippen molar-refractivity contribution in [2.24, 2.45) is 23.7 Å². The first-order valence-electron chi connectivity index (χ1n) is 17.7. The Kier molecular flexibility index (Phi) is 13.0. The van der Waals surface area contributed by atoms with Crippen LogP contribution in [-0.2, 0) is 35.2 Å². The van der Waals surface area contributed by atoms with E-state index in [1.165, 1.54) is 0 Å². The lowest BCUT2D eigenvalue weighted by atomic mass is 9.92. The number of H-pyrrole nitrogens is 1. The quantitative estimate of drug-likeness (QED) is 0.111. The van der Waals surface area contributed by atoms with Crippen LogP contribution in [0, 0.1) is 23.7 Å². The third-order valence-electron chi connectivity index (χ3n) is 9.73. The highest BCUT2D eigenvalue weighted by Gasteiger charge is 2.51. The number of Topliss-reactive ketones (excluding diaryl/α,β-unsaturated/α-hetero) is 1. The molecule has 4 rings (SSSR count). The number of ketones is 1. The van der Waals surface area contributed by atoms with E-state index in [-0.39, 0.29) is 47.9 Å². The predicted molar refractivity (Wildman–Crippen MR) is 175 cm³/mol. The zero-order valence-electron chi connectivity index (χ0n) is 28.9. The Bertz CT molecular complexity index is 1300. The summed E-state index contributed by atoms with van der Waals surface area (Å²) in [4.78, 5) is 81.7. The first kappa shape index (κ1) is 36.9. The number of rotatable bonds is 18. The van der Waals surface area contributed by atoms with Crippen LogP contribution in [0.1, 0.15) is 105 Å². The van der Waals surface area contributed by atoms with Crippen LogP contribution < -0.4 is 21.3 Å². The minimum atomic E-state index is -0.978. The molecule has 5 N–H and O–H groups in total. The summed E-state index contributed by atoms with van der Waals surface area (Å²) in [5.74, 6) is -2.81. The van der Waals surface area contributed by atoms with Crippen LogP contribution in [0.3, 0.4) is 0 Å². The fraction of sp³-hybridized carbons (Fsp3) is 0.788. The molecule has 5 amide bonds.